The van der Waals surface area contributed by atoms with Crippen LogP contribution in [0.4, 0.5) is 0 Å². The zero-order chi connectivity index (χ0) is 13.6. The van der Waals surface area contributed by atoms with E-state index in [0.717, 1.165) is 38.2 Å². The van der Waals surface area contributed by atoms with Crippen LogP contribution >= 0.6 is 11.3 Å². The minimum absolute atomic E-state index is 0.543. The Labute approximate surface area is 119 Å². The molecule has 0 radical (unpaired) electrons. The number of rotatable bonds is 5. The lowest BCUT2D eigenvalue weighted by atomic mass is 10.0. The lowest BCUT2D eigenvalue weighted by molar-refractivity contribution is 0.0522. The Kier molecular flexibility index (Phi) is 5.22. The van der Waals surface area contributed by atoms with E-state index >= 15 is 0 Å². The highest BCUT2D eigenvalue weighted by Crippen LogP contribution is 2.28. The van der Waals surface area contributed by atoms with Gasteiger partial charge in [-0.15, -0.1) is 11.3 Å². The summed E-state index contributed by atoms with van der Waals surface area (Å²) in [6.45, 7) is 4.15. The van der Waals surface area contributed by atoms with Gasteiger partial charge in [-0.2, -0.15) is 0 Å². The third-order valence-electron chi connectivity index (χ3n) is 3.44. The van der Waals surface area contributed by atoms with Crippen LogP contribution in [0.2, 0.25) is 0 Å². The summed E-state index contributed by atoms with van der Waals surface area (Å²) >= 11 is 1.71. The quantitative estimate of drug-likeness (QED) is 0.572. The van der Waals surface area contributed by atoms with E-state index in [1.165, 1.54) is 4.88 Å². The molecule has 2 rings (SSSR count). The first-order valence-corrected chi connectivity index (χ1v) is 7.87. The van der Waals surface area contributed by atoms with Gasteiger partial charge < -0.3 is 15.7 Å². The lowest BCUT2D eigenvalue weighted by Gasteiger charge is -2.23. The number of aliphatic hydroxyl groups is 1. The molecule has 1 aliphatic rings. The highest BCUT2D eigenvalue weighted by molar-refractivity contribution is 7.09. The molecular weight excluding hydrogens is 258 g/mol. The molecule has 0 aliphatic heterocycles. The maximum atomic E-state index is 10.3. The van der Waals surface area contributed by atoms with Crippen molar-refractivity contribution in [3.8, 4) is 0 Å². The molecule has 0 amide bonds. The van der Waals surface area contributed by atoms with Gasteiger partial charge in [0.15, 0.2) is 5.96 Å². The van der Waals surface area contributed by atoms with E-state index in [1.807, 2.05) is 13.0 Å². The molecule has 3 N–H and O–H groups in total. The molecule has 0 saturated heterocycles. The fourth-order valence-corrected chi connectivity index (χ4v) is 2.99. The molecule has 0 bridgehead atoms. The van der Waals surface area contributed by atoms with Gasteiger partial charge in [0.25, 0.3) is 0 Å². The van der Waals surface area contributed by atoms with E-state index in [0.29, 0.717) is 13.1 Å². The Morgan fingerprint density at radius 1 is 1.42 bits per heavy atom. The zero-order valence-electron chi connectivity index (χ0n) is 11.5. The van der Waals surface area contributed by atoms with Crippen LogP contribution in [0.1, 0.15) is 37.5 Å². The van der Waals surface area contributed by atoms with Crippen LogP contribution in [0.3, 0.4) is 0 Å². The molecule has 1 fully saturated rings. The monoisotopic (exact) mass is 281 g/mol. The Morgan fingerprint density at radius 2 is 2.21 bits per heavy atom. The maximum Gasteiger partial charge on any atom is 0.191 e. The van der Waals surface area contributed by atoms with Crippen molar-refractivity contribution in [2.45, 2.75) is 44.8 Å². The number of guanidine groups is 1. The van der Waals surface area contributed by atoms with Gasteiger partial charge in [0, 0.05) is 18.0 Å². The van der Waals surface area contributed by atoms with Crippen molar-refractivity contribution < 1.29 is 5.11 Å². The van der Waals surface area contributed by atoms with E-state index in [-0.39, 0.29) is 0 Å². The summed E-state index contributed by atoms with van der Waals surface area (Å²) in [5.74, 6) is 0.788. The summed E-state index contributed by atoms with van der Waals surface area (Å²) in [5, 5.41) is 18.9. The molecule has 1 aromatic heterocycles. The molecule has 1 saturated carbocycles. The van der Waals surface area contributed by atoms with Crippen LogP contribution in [-0.2, 0) is 6.54 Å². The zero-order valence-corrected chi connectivity index (χ0v) is 12.3. The number of nitrogens with one attached hydrogen (secondary N) is 2. The number of nitrogens with zero attached hydrogens (tertiary/aromatic N) is 1. The maximum absolute atomic E-state index is 10.3. The van der Waals surface area contributed by atoms with Crippen LogP contribution in [0.15, 0.2) is 22.5 Å². The van der Waals surface area contributed by atoms with Crippen molar-refractivity contribution >= 4 is 17.3 Å². The second-order valence-corrected chi connectivity index (χ2v) is 6.09. The van der Waals surface area contributed by atoms with Gasteiger partial charge in [-0.1, -0.05) is 18.9 Å². The summed E-state index contributed by atoms with van der Waals surface area (Å²) in [7, 11) is 0. The Hall–Kier alpha value is -1.07. The van der Waals surface area contributed by atoms with Crippen molar-refractivity contribution in [1.29, 1.82) is 0 Å². The predicted molar refractivity (Wildman–Crippen MR) is 80.6 cm³/mol. The van der Waals surface area contributed by atoms with Gasteiger partial charge >= 0.3 is 0 Å². The van der Waals surface area contributed by atoms with E-state index in [4.69, 9.17) is 0 Å². The summed E-state index contributed by atoms with van der Waals surface area (Å²) < 4.78 is 0. The van der Waals surface area contributed by atoms with E-state index in [1.54, 1.807) is 11.3 Å². The van der Waals surface area contributed by atoms with Gasteiger partial charge in [-0.25, -0.2) is 4.99 Å². The summed E-state index contributed by atoms with van der Waals surface area (Å²) in [5.41, 5.74) is -0.543. The van der Waals surface area contributed by atoms with Gasteiger partial charge in [0.2, 0.25) is 0 Å². The highest BCUT2D eigenvalue weighted by atomic mass is 32.1. The SMILES string of the molecule is CCNC(=NCc1cccs1)NCC1(O)CCCC1. The number of hydrogen-bond donors (Lipinski definition) is 3. The standard InChI is InChI=1S/C14H23N3OS/c1-2-15-13(16-10-12-6-5-9-19-12)17-11-14(18)7-3-4-8-14/h5-6,9,18H,2-4,7-8,10-11H2,1H3,(H2,15,16,17). The van der Waals surface area contributed by atoms with Crippen LogP contribution < -0.4 is 10.6 Å². The van der Waals surface area contributed by atoms with Gasteiger partial charge in [0.1, 0.15) is 0 Å². The Morgan fingerprint density at radius 3 is 2.84 bits per heavy atom. The van der Waals surface area contributed by atoms with Crippen LogP contribution in [-0.4, -0.2) is 29.8 Å². The van der Waals surface area contributed by atoms with Crippen molar-refractivity contribution in [3.63, 3.8) is 0 Å². The average molecular weight is 281 g/mol. The van der Waals surface area contributed by atoms with E-state index in [2.05, 4.69) is 27.1 Å². The molecule has 106 valence electrons. The third kappa shape index (κ3) is 4.51. The molecule has 4 nitrogen and oxygen atoms in total. The molecule has 0 spiro atoms. The van der Waals surface area contributed by atoms with Crippen molar-refractivity contribution in [1.82, 2.24) is 10.6 Å². The fourth-order valence-electron chi connectivity index (χ4n) is 2.36. The van der Waals surface area contributed by atoms with Gasteiger partial charge in [-0.3, -0.25) is 0 Å². The number of aliphatic imine (C=N–C) groups is 1. The molecule has 1 aromatic rings. The first-order valence-electron chi connectivity index (χ1n) is 6.99. The lowest BCUT2D eigenvalue weighted by Crippen LogP contribution is -2.45. The molecule has 19 heavy (non-hydrogen) atoms. The summed E-state index contributed by atoms with van der Waals surface area (Å²) in [6.07, 6.45) is 4.04. The predicted octanol–water partition coefficient (Wildman–Crippen LogP) is 2.11. The van der Waals surface area contributed by atoms with Gasteiger partial charge in [0.05, 0.1) is 12.1 Å². The van der Waals surface area contributed by atoms with Crippen LogP contribution in [0.25, 0.3) is 0 Å². The topological polar surface area (TPSA) is 56.7 Å². The highest BCUT2D eigenvalue weighted by Gasteiger charge is 2.30. The largest absolute Gasteiger partial charge is 0.388 e. The fraction of sp³-hybridized carbons (Fsp3) is 0.643. The van der Waals surface area contributed by atoms with Crippen molar-refractivity contribution in [2.75, 3.05) is 13.1 Å². The first kappa shape index (κ1) is 14.3. The second kappa shape index (κ2) is 6.91. The molecule has 0 atom stereocenters. The molecule has 0 unspecified atom stereocenters. The average Bonchev–Trinajstić information content (AvgIpc) is 3.05. The molecule has 1 aliphatic carbocycles. The van der Waals surface area contributed by atoms with Gasteiger partial charge in [-0.05, 0) is 31.2 Å². The van der Waals surface area contributed by atoms with Crippen LogP contribution in [0.5, 0.6) is 0 Å². The van der Waals surface area contributed by atoms with Crippen molar-refractivity contribution in [3.05, 3.63) is 22.4 Å². The first-order chi connectivity index (χ1) is 9.22. The van der Waals surface area contributed by atoms with Crippen molar-refractivity contribution in [2.24, 2.45) is 4.99 Å². The number of hydrogen-bond acceptors (Lipinski definition) is 3. The molecular formula is C14H23N3OS. The Bertz CT molecular complexity index is 397. The van der Waals surface area contributed by atoms with E-state index in [9.17, 15) is 5.11 Å². The van der Waals surface area contributed by atoms with Crippen LogP contribution in [0, 0.1) is 0 Å². The summed E-state index contributed by atoms with van der Waals surface area (Å²) in [6, 6.07) is 4.12. The molecule has 5 heteroatoms. The minimum atomic E-state index is -0.543. The third-order valence-corrected chi connectivity index (χ3v) is 4.30. The molecule has 0 aromatic carbocycles. The second-order valence-electron chi connectivity index (χ2n) is 5.06. The van der Waals surface area contributed by atoms with E-state index < -0.39 is 5.60 Å². The minimum Gasteiger partial charge on any atom is -0.388 e. The summed E-state index contributed by atoms with van der Waals surface area (Å²) in [4.78, 5) is 5.79. The molecule has 1 heterocycles. The Balaban J connectivity index is 1.86. The number of thiophene rings is 1. The normalized spacial score (nSPS) is 18.5. The smallest absolute Gasteiger partial charge is 0.191 e.